The number of hydrogen-bond acceptors (Lipinski definition) is 3. The van der Waals surface area contributed by atoms with Gasteiger partial charge in [-0.2, -0.15) is 0 Å². The molecule has 0 aliphatic rings. The number of anilines is 1. The Bertz CT molecular complexity index is 806. The van der Waals surface area contributed by atoms with Crippen LogP contribution in [0.4, 0.5) is 5.69 Å². The first kappa shape index (κ1) is 20.5. The summed E-state index contributed by atoms with van der Waals surface area (Å²) in [6.45, 7) is 2.23. The zero-order valence-corrected chi connectivity index (χ0v) is 15.8. The molecule has 0 saturated carbocycles. The molecule has 0 radical (unpaired) electrons. The molecular formula is C20H22ClN3O3. The standard InChI is InChI=1S/C20H22ClN3O3/c1-14(25)24-18-5-2-4-15(12-18)13-23-19(26)6-3-11-22-20(27)16-7-9-17(21)10-8-16/h2,4-5,7-10,12H,3,6,11,13H2,1H3,(H,22,27)(H,23,26)(H,24,25). The van der Waals surface area contributed by atoms with Gasteiger partial charge < -0.3 is 16.0 Å². The van der Waals surface area contributed by atoms with Crippen molar-refractivity contribution in [1.29, 1.82) is 0 Å². The first-order chi connectivity index (χ1) is 12.9. The molecule has 0 aliphatic carbocycles. The van der Waals surface area contributed by atoms with Crippen molar-refractivity contribution in [3.8, 4) is 0 Å². The Morgan fingerprint density at radius 3 is 2.44 bits per heavy atom. The molecule has 7 heteroatoms. The minimum absolute atomic E-state index is 0.0966. The molecule has 6 nitrogen and oxygen atoms in total. The van der Waals surface area contributed by atoms with E-state index < -0.39 is 0 Å². The topological polar surface area (TPSA) is 87.3 Å². The summed E-state index contributed by atoms with van der Waals surface area (Å²) in [5, 5.41) is 8.88. The first-order valence-corrected chi connectivity index (χ1v) is 8.99. The lowest BCUT2D eigenvalue weighted by Gasteiger charge is -2.08. The van der Waals surface area contributed by atoms with Crippen molar-refractivity contribution in [3.63, 3.8) is 0 Å². The smallest absolute Gasteiger partial charge is 0.251 e. The Hall–Kier alpha value is -2.86. The lowest BCUT2D eigenvalue weighted by molar-refractivity contribution is -0.121. The molecule has 27 heavy (non-hydrogen) atoms. The van der Waals surface area contributed by atoms with Crippen molar-refractivity contribution in [1.82, 2.24) is 10.6 Å². The van der Waals surface area contributed by atoms with Gasteiger partial charge in [-0.25, -0.2) is 0 Å². The molecule has 0 fully saturated rings. The summed E-state index contributed by atoms with van der Waals surface area (Å²) in [5.41, 5.74) is 2.12. The van der Waals surface area contributed by atoms with E-state index in [1.807, 2.05) is 18.2 Å². The number of rotatable bonds is 8. The number of hydrogen-bond donors (Lipinski definition) is 3. The molecule has 0 bridgehead atoms. The highest BCUT2D eigenvalue weighted by Gasteiger charge is 2.06. The number of carbonyl (C=O) groups excluding carboxylic acids is 3. The van der Waals surface area contributed by atoms with E-state index in [-0.39, 0.29) is 17.7 Å². The van der Waals surface area contributed by atoms with E-state index >= 15 is 0 Å². The molecule has 2 aromatic carbocycles. The van der Waals surface area contributed by atoms with Gasteiger partial charge in [0.2, 0.25) is 11.8 Å². The minimum atomic E-state index is -0.193. The van der Waals surface area contributed by atoms with Gasteiger partial charge in [-0.15, -0.1) is 0 Å². The molecule has 0 spiro atoms. The average molecular weight is 388 g/mol. The fourth-order valence-corrected chi connectivity index (χ4v) is 2.53. The van der Waals surface area contributed by atoms with Crippen LogP contribution in [0, 0.1) is 0 Å². The van der Waals surface area contributed by atoms with Crippen LogP contribution in [-0.4, -0.2) is 24.3 Å². The van der Waals surface area contributed by atoms with Crippen molar-refractivity contribution in [2.45, 2.75) is 26.3 Å². The number of halogens is 1. The van der Waals surface area contributed by atoms with E-state index in [1.165, 1.54) is 6.92 Å². The van der Waals surface area contributed by atoms with Gasteiger partial charge >= 0.3 is 0 Å². The van der Waals surface area contributed by atoms with Gasteiger partial charge in [0, 0.05) is 42.7 Å². The zero-order valence-electron chi connectivity index (χ0n) is 15.0. The summed E-state index contributed by atoms with van der Waals surface area (Å²) in [6.07, 6.45) is 0.851. The molecule has 0 aromatic heterocycles. The van der Waals surface area contributed by atoms with Crippen molar-refractivity contribution < 1.29 is 14.4 Å². The molecule has 2 rings (SSSR count). The van der Waals surface area contributed by atoms with Crippen molar-refractivity contribution >= 4 is 35.0 Å². The van der Waals surface area contributed by atoms with Gasteiger partial charge in [0.15, 0.2) is 0 Å². The van der Waals surface area contributed by atoms with Crippen LogP contribution in [0.25, 0.3) is 0 Å². The van der Waals surface area contributed by atoms with Crippen molar-refractivity contribution in [2.75, 3.05) is 11.9 Å². The first-order valence-electron chi connectivity index (χ1n) is 8.61. The molecule has 0 aliphatic heterocycles. The zero-order chi connectivity index (χ0) is 19.6. The summed E-state index contributed by atoms with van der Waals surface area (Å²) >= 11 is 5.79. The van der Waals surface area contributed by atoms with E-state index in [1.54, 1.807) is 30.3 Å². The van der Waals surface area contributed by atoms with Crippen LogP contribution in [0.15, 0.2) is 48.5 Å². The van der Waals surface area contributed by atoms with Crippen LogP contribution in [-0.2, 0) is 16.1 Å². The van der Waals surface area contributed by atoms with Crippen molar-refractivity contribution in [2.24, 2.45) is 0 Å². The number of carbonyl (C=O) groups is 3. The minimum Gasteiger partial charge on any atom is -0.352 e. The highest BCUT2D eigenvalue weighted by Crippen LogP contribution is 2.11. The monoisotopic (exact) mass is 387 g/mol. The molecule has 0 atom stereocenters. The molecule has 0 unspecified atom stereocenters. The number of benzene rings is 2. The highest BCUT2D eigenvalue weighted by atomic mass is 35.5. The van der Waals surface area contributed by atoms with E-state index in [2.05, 4.69) is 16.0 Å². The third-order valence-corrected chi connectivity index (χ3v) is 3.96. The van der Waals surface area contributed by atoms with Gasteiger partial charge in [-0.3, -0.25) is 14.4 Å². The third-order valence-electron chi connectivity index (χ3n) is 3.71. The second kappa shape index (κ2) is 10.3. The van der Waals surface area contributed by atoms with Crippen molar-refractivity contribution in [3.05, 3.63) is 64.7 Å². The van der Waals surface area contributed by atoms with E-state index in [4.69, 9.17) is 11.6 Å². The molecule has 0 heterocycles. The molecule has 3 amide bonds. The largest absolute Gasteiger partial charge is 0.352 e. The van der Waals surface area contributed by atoms with Crippen LogP contribution < -0.4 is 16.0 Å². The molecule has 142 valence electrons. The number of nitrogens with one attached hydrogen (secondary N) is 3. The van der Waals surface area contributed by atoms with Gasteiger partial charge in [0.25, 0.3) is 5.91 Å². The second-order valence-electron chi connectivity index (χ2n) is 6.02. The maximum atomic E-state index is 11.9. The Balaban J connectivity index is 1.67. The second-order valence-corrected chi connectivity index (χ2v) is 6.46. The van der Waals surface area contributed by atoms with Gasteiger partial charge in [0.1, 0.15) is 0 Å². The van der Waals surface area contributed by atoms with Crippen LogP contribution in [0.1, 0.15) is 35.7 Å². The Morgan fingerprint density at radius 2 is 1.74 bits per heavy atom. The third kappa shape index (κ3) is 7.50. The predicted molar refractivity (Wildman–Crippen MR) is 106 cm³/mol. The number of amides is 3. The van der Waals surface area contributed by atoms with Gasteiger partial charge in [0.05, 0.1) is 0 Å². The Labute approximate surface area is 163 Å². The summed E-state index contributed by atoms with van der Waals surface area (Å²) in [6, 6.07) is 13.9. The Morgan fingerprint density at radius 1 is 1.00 bits per heavy atom. The predicted octanol–water partition coefficient (Wildman–Crippen LogP) is 3.12. The van der Waals surface area contributed by atoms with E-state index in [9.17, 15) is 14.4 Å². The SMILES string of the molecule is CC(=O)Nc1cccc(CNC(=O)CCCNC(=O)c2ccc(Cl)cc2)c1. The van der Waals surface area contributed by atoms with Gasteiger partial charge in [-0.05, 0) is 48.4 Å². The molecule has 0 saturated heterocycles. The fourth-order valence-electron chi connectivity index (χ4n) is 2.41. The Kier molecular flexibility index (Phi) is 7.82. The molecular weight excluding hydrogens is 366 g/mol. The highest BCUT2D eigenvalue weighted by molar-refractivity contribution is 6.30. The normalized spacial score (nSPS) is 10.1. The lowest BCUT2D eigenvalue weighted by Crippen LogP contribution is -2.27. The maximum Gasteiger partial charge on any atom is 0.251 e. The molecule has 2 aromatic rings. The molecule has 3 N–H and O–H groups in total. The summed E-state index contributed by atoms with van der Waals surface area (Å²) in [5.74, 6) is -0.431. The van der Waals surface area contributed by atoms with Crippen LogP contribution in [0.3, 0.4) is 0 Å². The average Bonchev–Trinajstić information content (AvgIpc) is 2.64. The summed E-state index contributed by atoms with van der Waals surface area (Å²) in [7, 11) is 0. The van der Waals surface area contributed by atoms with Crippen LogP contribution in [0.2, 0.25) is 5.02 Å². The van der Waals surface area contributed by atoms with Crippen LogP contribution in [0.5, 0.6) is 0 Å². The summed E-state index contributed by atoms with van der Waals surface area (Å²) < 4.78 is 0. The van der Waals surface area contributed by atoms with Crippen LogP contribution >= 0.6 is 11.6 Å². The van der Waals surface area contributed by atoms with E-state index in [0.717, 1.165) is 5.56 Å². The maximum absolute atomic E-state index is 11.9. The van der Waals surface area contributed by atoms with E-state index in [0.29, 0.717) is 42.2 Å². The lowest BCUT2D eigenvalue weighted by atomic mass is 10.2. The quantitative estimate of drug-likeness (QED) is 0.608. The van der Waals surface area contributed by atoms with Gasteiger partial charge in [-0.1, -0.05) is 23.7 Å². The fraction of sp³-hybridized carbons (Fsp3) is 0.250. The summed E-state index contributed by atoms with van der Waals surface area (Å²) in [4.78, 5) is 34.9.